The molecule has 5 nitrogen and oxygen atoms in total. The van der Waals surface area contributed by atoms with Crippen LogP contribution in [0.25, 0.3) is 0 Å². The molecule has 1 amide bonds. The molecule has 0 N–H and O–H groups in total. The van der Waals surface area contributed by atoms with Gasteiger partial charge in [0.25, 0.3) is 0 Å². The number of hydrogen-bond acceptors (Lipinski definition) is 3. The van der Waals surface area contributed by atoms with E-state index in [2.05, 4.69) is 5.10 Å². The van der Waals surface area contributed by atoms with Crippen molar-refractivity contribution in [2.24, 2.45) is 5.41 Å². The van der Waals surface area contributed by atoms with Gasteiger partial charge in [0.2, 0.25) is 6.23 Å². The highest BCUT2D eigenvalue weighted by molar-refractivity contribution is 5.67. The summed E-state index contributed by atoms with van der Waals surface area (Å²) in [5.41, 5.74) is -0.197. The summed E-state index contributed by atoms with van der Waals surface area (Å²) in [5.74, 6) is 0. The molecule has 5 heteroatoms. The first-order chi connectivity index (χ1) is 8.98. The van der Waals surface area contributed by atoms with Crippen molar-refractivity contribution in [2.45, 2.75) is 46.3 Å². The molecule has 0 saturated carbocycles. The van der Waals surface area contributed by atoms with Gasteiger partial charge < -0.3 is 9.64 Å². The predicted molar refractivity (Wildman–Crippen MR) is 72.6 cm³/mol. The Morgan fingerprint density at radius 1 is 1.26 bits per heavy atom. The number of hydrogen-bond donors (Lipinski definition) is 0. The Morgan fingerprint density at radius 2 is 1.95 bits per heavy atom. The maximum absolute atomic E-state index is 12.2. The maximum Gasteiger partial charge on any atom is 0.411 e. The van der Waals surface area contributed by atoms with E-state index in [9.17, 15) is 4.79 Å². The highest BCUT2D eigenvalue weighted by Crippen LogP contribution is 2.31. The van der Waals surface area contributed by atoms with E-state index in [-0.39, 0.29) is 17.7 Å². The smallest absolute Gasteiger partial charge is 0.411 e. The molecule has 106 valence electrons. The zero-order valence-electron chi connectivity index (χ0n) is 12.0. The molecular formula is C14H23N3O2. The Hall–Kier alpha value is -1.52. The van der Waals surface area contributed by atoms with Crippen molar-refractivity contribution in [1.29, 1.82) is 0 Å². The summed E-state index contributed by atoms with van der Waals surface area (Å²) in [7, 11) is 0. The van der Waals surface area contributed by atoms with E-state index in [1.807, 2.05) is 33.0 Å². The summed E-state index contributed by atoms with van der Waals surface area (Å²) in [6.07, 6.45) is 6.26. The molecule has 0 bridgehead atoms. The van der Waals surface area contributed by atoms with Crippen LogP contribution in [0.5, 0.6) is 0 Å². The van der Waals surface area contributed by atoms with Crippen LogP contribution in [0.1, 0.15) is 46.3 Å². The van der Waals surface area contributed by atoms with Crippen molar-refractivity contribution < 1.29 is 9.53 Å². The average Bonchev–Trinajstić information content (AvgIpc) is 2.88. The molecule has 1 atom stereocenters. The number of carbonyl (C=O) groups is 1. The number of nitrogens with zero attached hydrogens (tertiary/aromatic N) is 3. The monoisotopic (exact) mass is 265 g/mol. The zero-order valence-corrected chi connectivity index (χ0v) is 12.0. The molecule has 1 saturated heterocycles. The zero-order chi connectivity index (χ0) is 13.9. The largest absolute Gasteiger partial charge is 0.423 e. The van der Waals surface area contributed by atoms with Crippen LogP contribution in [-0.2, 0) is 4.74 Å². The van der Waals surface area contributed by atoms with E-state index >= 15 is 0 Å². The van der Waals surface area contributed by atoms with Crippen molar-refractivity contribution in [2.75, 3.05) is 13.1 Å². The molecule has 0 aliphatic carbocycles. The predicted octanol–water partition coefficient (Wildman–Crippen LogP) is 3.05. The van der Waals surface area contributed by atoms with Crippen LogP contribution in [0, 0.1) is 5.41 Å². The highest BCUT2D eigenvalue weighted by atomic mass is 16.6. The normalized spacial score (nSPS) is 18.2. The van der Waals surface area contributed by atoms with Crippen molar-refractivity contribution in [1.82, 2.24) is 14.7 Å². The molecular weight excluding hydrogens is 242 g/mol. The number of aromatic nitrogens is 2. The van der Waals surface area contributed by atoms with Gasteiger partial charge in [-0.25, -0.2) is 9.48 Å². The summed E-state index contributed by atoms with van der Waals surface area (Å²) >= 11 is 0. The van der Waals surface area contributed by atoms with E-state index in [0.29, 0.717) is 0 Å². The molecule has 0 radical (unpaired) electrons. The number of ether oxygens (including phenoxy) is 1. The van der Waals surface area contributed by atoms with E-state index < -0.39 is 0 Å². The molecule has 19 heavy (non-hydrogen) atoms. The Bertz CT molecular complexity index is 403. The minimum atomic E-state index is -0.378. The van der Waals surface area contributed by atoms with E-state index in [1.165, 1.54) is 6.42 Å². The summed E-state index contributed by atoms with van der Waals surface area (Å²) in [5, 5.41) is 4.20. The second-order valence-corrected chi connectivity index (χ2v) is 6.14. The summed E-state index contributed by atoms with van der Waals surface area (Å²) in [6, 6.07) is 1.84. The van der Waals surface area contributed by atoms with Gasteiger partial charge in [0.05, 0.1) is 0 Å². The topological polar surface area (TPSA) is 47.4 Å². The molecule has 1 aromatic heterocycles. The molecule has 2 heterocycles. The third-order valence-electron chi connectivity index (χ3n) is 3.33. The lowest BCUT2D eigenvalue weighted by atomic mass is 9.94. The molecule has 1 aromatic rings. The van der Waals surface area contributed by atoms with Gasteiger partial charge in [-0.1, -0.05) is 20.8 Å². The Kier molecular flexibility index (Phi) is 4.12. The first-order valence-corrected chi connectivity index (χ1v) is 6.93. The Balaban J connectivity index is 2.06. The van der Waals surface area contributed by atoms with Crippen molar-refractivity contribution >= 4 is 6.09 Å². The van der Waals surface area contributed by atoms with Crippen LogP contribution in [0.3, 0.4) is 0 Å². The molecule has 0 aromatic carbocycles. The molecule has 0 spiro atoms. The lowest BCUT2D eigenvalue weighted by Gasteiger charge is -2.33. The van der Waals surface area contributed by atoms with Crippen LogP contribution in [0.15, 0.2) is 18.5 Å². The quantitative estimate of drug-likeness (QED) is 0.825. The Labute approximate surface area is 114 Å². The van der Waals surface area contributed by atoms with Crippen LogP contribution in [0.2, 0.25) is 0 Å². The van der Waals surface area contributed by atoms with Gasteiger partial charge in [-0.05, 0) is 25.3 Å². The number of amides is 1. The molecule has 1 aliphatic heterocycles. The van der Waals surface area contributed by atoms with Gasteiger partial charge in [-0.15, -0.1) is 0 Å². The number of piperidine rings is 1. The lowest BCUT2D eigenvalue weighted by Crippen LogP contribution is -2.39. The summed E-state index contributed by atoms with van der Waals surface area (Å²) < 4.78 is 7.40. The Morgan fingerprint density at radius 3 is 2.47 bits per heavy atom. The number of likely N-dealkylation sites (tertiary alicyclic amines) is 1. The van der Waals surface area contributed by atoms with Gasteiger partial charge in [-0.2, -0.15) is 5.10 Å². The van der Waals surface area contributed by atoms with Crippen LogP contribution in [-0.4, -0.2) is 33.9 Å². The third-order valence-corrected chi connectivity index (χ3v) is 3.33. The van der Waals surface area contributed by atoms with Crippen LogP contribution in [0.4, 0.5) is 4.79 Å². The first kappa shape index (κ1) is 13.9. The lowest BCUT2D eigenvalue weighted by molar-refractivity contribution is -0.0437. The fourth-order valence-electron chi connectivity index (χ4n) is 2.29. The molecule has 1 aliphatic rings. The second kappa shape index (κ2) is 5.63. The molecule has 1 fully saturated rings. The minimum Gasteiger partial charge on any atom is -0.423 e. The third kappa shape index (κ3) is 3.49. The number of carbonyl (C=O) groups excluding carboxylic acids is 1. The van der Waals surface area contributed by atoms with Crippen LogP contribution >= 0.6 is 0 Å². The van der Waals surface area contributed by atoms with Gasteiger partial charge in [0, 0.05) is 30.9 Å². The fraction of sp³-hybridized carbons (Fsp3) is 0.714. The SMILES string of the molecule is CC(C)(C)C(OC(=O)N1CCCCC1)n1cccn1. The summed E-state index contributed by atoms with van der Waals surface area (Å²) in [4.78, 5) is 14.0. The number of rotatable bonds is 2. The fourth-order valence-corrected chi connectivity index (χ4v) is 2.29. The van der Waals surface area contributed by atoms with Gasteiger partial charge in [-0.3, -0.25) is 0 Å². The van der Waals surface area contributed by atoms with E-state index in [0.717, 1.165) is 25.9 Å². The molecule has 2 rings (SSSR count). The van der Waals surface area contributed by atoms with Crippen molar-refractivity contribution in [3.05, 3.63) is 18.5 Å². The van der Waals surface area contributed by atoms with Crippen molar-refractivity contribution in [3.8, 4) is 0 Å². The van der Waals surface area contributed by atoms with Crippen LogP contribution < -0.4 is 0 Å². The highest BCUT2D eigenvalue weighted by Gasteiger charge is 2.32. The first-order valence-electron chi connectivity index (χ1n) is 6.93. The summed E-state index contributed by atoms with van der Waals surface area (Å²) in [6.45, 7) is 7.73. The van der Waals surface area contributed by atoms with E-state index in [1.54, 1.807) is 15.8 Å². The standard InChI is InChI=1S/C14H23N3O2/c1-14(2,3)12(17-11-7-8-15-17)19-13(18)16-9-5-4-6-10-16/h7-8,11-12H,4-6,9-10H2,1-3H3. The maximum atomic E-state index is 12.2. The molecule has 1 unspecified atom stereocenters. The van der Waals surface area contributed by atoms with Gasteiger partial charge in [0.1, 0.15) is 0 Å². The second-order valence-electron chi connectivity index (χ2n) is 6.14. The minimum absolute atomic E-state index is 0.197. The van der Waals surface area contributed by atoms with Gasteiger partial charge >= 0.3 is 6.09 Å². The van der Waals surface area contributed by atoms with E-state index in [4.69, 9.17) is 4.74 Å². The van der Waals surface area contributed by atoms with Crippen molar-refractivity contribution in [3.63, 3.8) is 0 Å². The average molecular weight is 265 g/mol. The van der Waals surface area contributed by atoms with Gasteiger partial charge in [0.15, 0.2) is 0 Å².